The van der Waals surface area contributed by atoms with Crippen molar-refractivity contribution in [3.63, 3.8) is 0 Å². The molecule has 0 fully saturated rings. The highest BCUT2D eigenvalue weighted by Gasteiger charge is 2.07. The molecule has 4 heteroatoms. The summed E-state index contributed by atoms with van der Waals surface area (Å²) >= 11 is 6.07. The zero-order valence-electron chi connectivity index (χ0n) is 10.9. The maximum absolute atomic E-state index is 6.07. The maximum atomic E-state index is 6.07. The van der Waals surface area contributed by atoms with Gasteiger partial charge in [-0.2, -0.15) is 5.10 Å². The Bertz CT molecular complexity index is 532. The molecule has 0 aliphatic rings. The van der Waals surface area contributed by atoms with Crippen LogP contribution in [0.2, 0.25) is 5.02 Å². The molecule has 0 aliphatic heterocycles. The van der Waals surface area contributed by atoms with E-state index >= 15 is 0 Å². The van der Waals surface area contributed by atoms with Crippen molar-refractivity contribution >= 4 is 11.6 Å². The summed E-state index contributed by atoms with van der Waals surface area (Å²) in [7, 11) is 0. The molecule has 0 bridgehead atoms. The second-order valence-corrected chi connectivity index (χ2v) is 5.21. The minimum Gasteiger partial charge on any atom is -0.310 e. The third-order valence-corrected chi connectivity index (χ3v) is 2.94. The molecule has 0 radical (unpaired) electrons. The van der Waals surface area contributed by atoms with Crippen molar-refractivity contribution in [1.29, 1.82) is 0 Å². The molecule has 1 aromatic carbocycles. The second kappa shape index (κ2) is 5.55. The fraction of sp³-hybridized carbons (Fsp3) is 0.357. The van der Waals surface area contributed by atoms with Gasteiger partial charge in [0.2, 0.25) is 0 Å². The van der Waals surface area contributed by atoms with E-state index in [-0.39, 0.29) is 0 Å². The van der Waals surface area contributed by atoms with E-state index in [9.17, 15) is 0 Å². The van der Waals surface area contributed by atoms with Gasteiger partial charge in [-0.15, -0.1) is 0 Å². The van der Waals surface area contributed by atoms with Crippen LogP contribution in [0.15, 0.2) is 30.6 Å². The summed E-state index contributed by atoms with van der Waals surface area (Å²) in [5.41, 5.74) is 3.37. The van der Waals surface area contributed by atoms with Crippen LogP contribution in [0, 0.1) is 6.92 Å². The topological polar surface area (TPSA) is 29.9 Å². The zero-order valence-corrected chi connectivity index (χ0v) is 11.7. The van der Waals surface area contributed by atoms with Crippen LogP contribution in [0.4, 0.5) is 0 Å². The van der Waals surface area contributed by atoms with Gasteiger partial charge in [0.15, 0.2) is 0 Å². The first-order valence-corrected chi connectivity index (χ1v) is 6.47. The number of benzene rings is 1. The van der Waals surface area contributed by atoms with Crippen molar-refractivity contribution < 1.29 is 0 Å². The highest BCUT2D eigenvalue weighted by molar-refractivity contribution is 6.30. The molecule has 0 amide bonds. The fourth-order valence-electron chi connectivity index (χ4n) is 1.78. The van der Waals surface area contributed by atoms with Crippen molar-refractivity contribution in [2.75, 3.05) is 0 Å². The van der Waals surface area contributed by atoms with E-state index in [1.54, 1.807) is 0 Å². The Morgan fingerprint density at radius 2 is 2.17 bits per heavy atom. The average molecular weight is 264 g/mol. The standard InChI is InChI=1S/C14H18ClN3/c1-10(2)16-8-12-6-13(15)4-5-14(12)18-9-11(3)7-17-18/h4-7,9-10,16H,8H2,1-3H3. The van der Waals surface area contributed by atoms with E-state index in [1.807, 2.05) is 42.2 Å². The molecule has 1 aromatic heterocycles. The Kier molecular flexibility index (Phi) is 4.04. The highest BCUT2D eigenvalue weighted by atomic mass is 35.5. The van der Waals surface area contributed by atoms with Gasteiger partial charge in [0, 0.05) is 23.8 Å². The zero-order chi connectivity index (χ0) is 13.1. The Hall–Kier alpha value is -1.32. The molecule has 1 N–H and O–H groups in total. The van der Waals surface area contributed by atoms with Crippen LogP contribution in [0.1, 0.15) is 25.0 Å². The number of rotatable bonds is 4. The Balaban J connectivity index is 2.34. The van der Waals surface area contributed by atoms with Crippen molar-refractivity contribution in [1.82, 2.24) is 15.1 Å². The Labute approximate surface area is 113 Å². The molecule has 0 atom stereocenters. The molecule has 2 rings (SSSR count). The number of halogens is 1. The van der Waals surface area contributed by atoms with Gasteiger partial charge in [-0.3, -0.25) is 0 Å². The number of aryl methyl sites for hydroxylation is 1. The van der Waals surface area contributed by atoms with Gasteiger partial charge in [-0.25, -0.2) is 4.68 Å². The monoisotopic (exact) mass is 263 g/mol. The van der Waals surface area contributed by atoms with Crippen molar-refractivity contribution in [3.05, 3.63) is 46.7 Å². The van der Waals surface area contributed by atoms with Crippen LogP contribution in [0.5, 0.6) is 0 Å². The van der Waals surface area contributed by atoms with Gasteiger partial charge in [-0.1, -0.05) is 25.4 Å². The molecule has 2 aromatic rings. The van der Waals surface area contributed by atoms with Crippen LogP contribution in [-0.2, 0) is 6.54 Å². The van der Waals surface area contributed by atoms with Crippen molar-refractivity contribution in [2.24, 2.45) is 0 Å². The molecular formula is C14H18ClN3. The lowest BCUT2D eigenvalue weighted by molar-refractivity contribution is 0.586. The molecule has 1 heterocycles. The normalized spacial score (nSPS) is 11.2. The predicted octanol–water partition coefficient (Wildman–Crippen LogP) is 3.33. The quantitative estimate of drug-likeness (QED) is 0.917. The largest absolute Gasteiger partial charge is 0.310 e. The number of nitrogens with one attached hydrogen (secondary N) is 1. The van der Waals surface area contributed by atoms with Crippen LogP contribution in [0.3, 0.4) is 0 Å². The summed E-state index contributed by atoms with van der Waals surface area (Å²) in [5, 5.41) is 8.51. The molecule has 18 heavy (non-hydrogen) atoms. The molecule has 0 unspecified atom stereocenters. The summed E-state index contributed by atoms with van der Waals surface area (Å²) in [6, 6.07) is 6.33. The third kappa shape index (κ3) is 3.12. The number of hydrogen-bond donors (Lipinski definition) is 1. The summed E-state index contributed by atoms with van der Waals surface area (Å²) < 4.78 is 1.89. The molecule has 0 spiro atoms. The lowest BCUT2D eigenvalue weighted by atomic mass is 10.1. The fourth-order valence-corrected chi connectivity index (χ4v) is 1.97. The summed E-state index contributed by atoms with van der Waals surface area (Å²) in [5.74, 6) is 0. The van der Waals surface area contributed by atoms with Gasteiger partial charge in [0.25, 0.3) is 0 Å². The number of hydrogen-bond acceptors (Lipinski definition) is 2. The van der Waals surface area contributed by atoms with Crippen LogP contribution in [-0.4, -0.2) is 15.8 Å². The first-order valence-electron chi connectivity index (χ1n) is 6.09. The van der Waals surface area contributed by atoms with Gasteiger partial charge in [0.1, 0.15) is 0 Å². The minimum absolute atomic E-state index is 0.441. The van der Waals surface area contributed by atoms with E-state index < -0.39 is 0 Å². The molecule has 3 nitrogen and oxygen atoms in total. The number of aromatic nitrogens is 2. The smallest absolute Gasteiger partial charge is 0.0691 e. The minimum atomic E-state index is 0.441. The Morgan fingerprint density at radius 1 is 1.39 bits per heavy atom. The molecular weight excluding hydrogens is 246 g/mol. The van der Waals surface area contributed by atoms with Crippen LogP contribution in [0.25, 0.3) is 5.69 Å². The number of nitrogens with zero attached hydrogens (tertiary/aromatic N) is 2. The van der Waals surface area contributed by atoms with E-state index in [0.29, 0.717) is 6.04 Å². The summed E-state index contributed by atoms with van der Waals surface area (Å²) in [6.07, 6.45) is 3.87. The SMILES string of the molecule is Cc1cnn(-c2ccc(Cl)cc2CNC(C)C)c1. The average Bonchev–Trinajstić information content (AvgIpc) is 2.73. The molecule has 0 aliphatic carbocycles. The molecule has 0 saturated carbocycles. The van der Waals surface area contributed by atoms with Gasteiger partial charge < -0.3 is 5.32 Å². The lowest BCUT2D eigenvalue weighted by Crippen LogP contribution is -2.22. The Morgan fingerprint density at radius 3 is 2.78 bits per heavy atom. The van der Waals surface area contributed by atoms with E-state index in [0.717, 1.165) is 28.4 Å². The van der Waals surface area contributed by atoms with Crippen molar-refractivity contribution in [2.45, 2.75) is 33.4 Å². The molecule has 96 valence electrons. The highest BCUT2D eigenvalue weighted by Crippen LogP contribution is 2.19. The maximum Gasteiger partial charge on any atom is 0.0691 e. The lowest BCUT2D eigenvalue weighted by Gasteiger charge is -2.13. The van der Waals surface area contributed by atoms with Gasteiger partial charge in [0.05, 0.1) is 11.9 Å². The van der Waals surface area contributed by atoms with Gasteiger partial charge in [-0.05, 0) is 36.2 Å². The summed E-state index contributed by atoms with van der Waals surface area (Å²) in [6.45, 7) is 7.07. The predicted molar refractivity (Wildman–Crippen MR) is 75.3 cm³/mol. The summed E-state index contributed by atoms with van der Waals surface area (Å²) in [4.78, 5) is 0. The first kappa shape index (κ1) is 13.1. The van der Waals surface area contributed by atoms with E-state index in [2.05, 4.69) is 24.3 Å². The third-order valence-electron chi connectivity index (χ3n) is 2.70. The van der Waals surface area contributed by atoms with Crippen LogP contribution < -0.4 is 5.32 Å². The van der Waals surface area contributed by atoms with Gasteiger partial charge >= 0.3 is 0 Å². The second-order valence-electron chi connectivity index (χ2n) is 4.77. The van der Waals surface area contributed by atoms with Crippen LogP contribution >= 0.6 is 11.6 Å². The van der Waals surface area contributed by atoms with E-state index in [1.165, 1.54) is 0 Å². The molecule has 0 saturated heterocycles. The van der Waals surface area contributed by atoms with Crippen molar-refractivity contribution in [3.8, 4) is 5.69 Å². The first-order chi connectivity index (χ1) is 8.56. The van der Waals surface area contributed by atoms with E-state index in [4.69, 9.17) is 11.6 Å².